The summed E-state index contributed by atoms with van der Waals surface area (Å²) in [7, 11) is 0. The Balaban J connectivity index is 2.28. The molecule has 1 amide bonds. The molecule has 1 heterocycles. The smallest absolute Gasteiger partial charge is 0.261 e. The van der Waals surface area contributed by atoms with E-state index in [9.17, 15) is 13.6 Å². The van der Waals surface area contributed by atoms with Crippen LogP contribution < -0.4 is 5.32 Å². The maximum atomic E-state index is 11.7. The summed E-state index contributed by atoms with van der Waals surface area (Å²) in [5.41, 5.74) is 0. The molecule has 0 spiro atoms. The number of alkyl halides is 2. The van der Waals surface area contributed by atoms with Gasteiger partial charge in [-0.05, 0) is 12.1 Å². The number of anilines is 1. The molecule has 1 aromatic rings. The molecule has 0 saturated carbocycles. The summed E-state index contributed by atoms with van der Waals surface area (Å²) < 4.78 is 28.0. The Kier molecular flexibility index (Phi) is 5.79. The Morgan fingerprint density at radius 1 is 1.59 bits per heavy atom. The molecule has 0 radical (unpaired) electrons. The molecule has 0 atom stereocenters. The Hall–Kier alpha value is -1.27. The summed E-state index contributed by atoms with van der Waals surface area (Å²) in [4.78, 5) is 15.2. The summed E-state index contributed by atoms with van der Waals surface area (Å²) in [6.07, 6.45) is -1.07. The molecule has 1 N–H and O–H groups in total. The molecule has 4 nitrogen and oxygen atoms in total. The lowest BCUT2D eigenvalue weighted by Gasteiger charge is -2.06. The second-order valence-electron chi connectivity index (χ2n) is 3.10. The summed E-state index contributed by atoms with van der Waals surface area (Å²) in [6, 6.07) is 3.21. The van der Waals surface area contributed by atoms with E-state index in [1.807, 2.05) is 0 Å². The van der Waals surface area contributed by atoms with Gasteiger partial charge < -0.3 is 10.1 Å². The van der Waals surface area contributed by atoms with Gasteiger partial charge in [0.2, 0.25) is 5.91 Å². The number of halogens is 3. The van der Waals surface area contributed by atoms with Gasteiger partial charge in [-0.15, -0.1) is 0 Å². The van der Waals surface area contributed by atoms with E-state index in [-0.39, 0.29) is 24.8 Å². The monoisotopic (exact) mass is 264 g/mol. The van der Waals surface area contributed by atoms with Crippen molar-refractivity contribution in [1.29, 1.82) is 0 Å². The molecular formula is C10H11ClF2N2O2. The number of pyridine rings is 1. The molecule has 7 heteroatoms. The zero-order chi connectivity index (χ0) is 12.7. The molecule has 0 bridgehead atoms. The number of nitrogens with zero attached hydrogens (tertiary/aromatic N) is 1. The van der Waals surface area contributed by atoms with Crippen molar-refractivity contribution < 1.29 is 18.3 Å². The number of hydrogen-bond donors (Lipinski definition) is 1. The fourth-order valence-electron chi connectivity index (χ4n) is 1.01. The third-order valence-corrected chi connectivity index (χ3v) is 2.04. The van der Waals surface area contributed by atoms with Crippen molar-refractivity contribution >= 4 is 23.3 Å². The quantitative estimate of drug-likeness (QED) is 0.803. The topological polar surface area (TPSA) is 51.2 Å². The van der Waals surface area contributed by atoms with E-state index in [4.69, 9.17) is 11.6 Å². The molecule has 0 fully saturated rings. The maximum absolute atomic E-state index is 11.7. The number of nitrogens with one attached hydrogen (secondary N) is 1. The molecule has 1 rings (SSSR count). The molecule has 0 saturated heterocycles. The van der Waals surface area contributed by atoms with Crippen molar-refractivity contribution in [2.45, 2.75) is 12.8 Å². The summed E-state index contributed by atoms with van der Waals surface area (Å²) in [6.45, 7) is -0.738. The zero-order valence-corrected chi connectivity index (χ0v) is 9.58. The first-order valence-corrected chi connectivity index (χ1v) is 5.23. The van der Waals surface area contributed by atoms with Crippen LogP contribution in [0.3, 0.4) is 0 Å². The number of hydrogen-bond acceptors (Lipinski definition) is 3. The van der Waals surface area contributed by atoms with Crippen molar-refractivity contribution in [1.82, 2.24) is 4.98 Å². The molecule has 0 aliphatic heterocycles. The van der Waals surface area contributed by atoms with Gasteiger partial charge in [-0.3, -0.25) is 4.79 Å². The third kappa shape index (κ3) is 5.55. The minimum atomic E-state index is -2.52. The summed E-state index contributed by atoms with van der Waals surface area (Å²) >= 11 is 5.76. The summed E-state index contributed by atoms with van der Waals surface area (Å²) in [5.74, 6) is -0.145. The minimum Gasteiger partial charge on any atom is -0.375 e. The Labute approximate surface area is 102 Å². The van der Waals surface area contributed by atoms with Gasteiger partial charge in [0.25, 0.3) is 6.43 Å². The Bertz CT molecular complexity index is 377. The molecule has 17 heavy (non-hydrogen) atoms. The van der Waals surface area contributed by atoms with E-state index in [0.29, 0.717) is 5.02 Å². The second kappa shape index (κ2) is 7.13. The highest BCUT2D eigenvalue weighted by Crippen LogP contribution is 2.17. The lowest BCUT2D eigenvalue weighted by molar-refractivity contribution is -0.117. The normalized spacial score (nSPS) is 10.6. The fourth-order valence-corrected chi connectivity index (χ4v) is 1.18. The van der Waals surface area contributed by atoms with E-state index >= 15 is 0 Å². The predicted molar refractivity (Wildman–Crippen MR) is 59.3 cm³/mol. The van der Waals surface area contributed by atoms with E-state index in [0.717, 1.165) is 0 Å². The van der Waals surface area contributed by atoms with Gasteiger partial charge in [0.05, 0.1) is 18.1 Å². The van der Waals surface area contributed by atoms with Gasteiger partial charge in [0, 0.05) is 6.20 Å². The lowest BCUT2D eigenvalue weighted by Crippen LogP contribution is -2.16. The highest BCUT2D eigenvalue weighted by atomic mass is 35.5. The van der Waals surface area contributed by atoms with Crippen molar-refractivity contribution in [2.24, 2.45) is 0 Å². The zero-order valence-electron chi connectivity index (χ0n) is 8.83. The van der Waals surface area contributed by atoms with Crippen LogP contribution in [0, 0.1) is 0 Å². The molecule has 94 valence electrons. The van der Waals surface area contributed by atoms with Crippen LogP contribution in [0.25, 0.3) is 0 Å². The van der Waals surface area contributed by atoms with E-state index < -0.39 is 13.0 Å². The minimum absolute atomic E-state index is 0.0282. The van der Waals surface area contributed by atoms with Crippen molar-refractivity contribution in [3.63, 3.8) is 0 Å². The van der Waals surface area contributed by atoms with Gasteiger partial charge >= 0.3 is 0 Å². The highest BCUT2D eigenvalue weighted by molar-refractivity contribution is 6.33. The third-order valence-electron chi connectivity index (χ3n) is 1.73. The van der Waals surface area contributed by atoms with Crippen molar-refractivity contribution in [3.05, 3.63) is 23.4 Å². The van der Waals surface area contributed by atoms with Crippen LogP contribution in [-0.4, -0.2) is 30.5 Å². The van der Waals surface area contributed by atoms with Crippen LogP contribution in [0.4, 0.5) is 14.6 Å². The molecule has 0 aliphatic rings. The van der Waals surface area contributed by atoms with Crippen LogP contribution in [0.1, 0.15) is 6.42 Å². The molecule has 0 aromatic carbocycles. The Morgan fingerprint density at radius 2 is 2.35 bits per heavy atom. The van der Waals surface area contributed by atoms with Gasteiger partial charge in [0.15, 0.2) is 5.82 Å². The van der Waals surface area contributed by atoms with E-state index in [1.54, 1.807) is 12.1 Å². The van der Waals surface area contributed by atoms with Crippen LogP contribution in [0.15, 0.2) is 18.3 Å². The van der Waals surface area contributed by atoms with E-state index in [1.165, 1.54) is 6.20 Å². The SMILES string of the molecule is O=C(CCOCC(F)F)Nc1ncccc1Cl. The first-order chi connectivity index (χ1) is 8.09. The average molecular weight is 265 g/mol. The standard InChI is InChI=1S/C10H11ClF2N2O2/c11-7-2-1-4-14-10(7)15-9(16)3-5-17-6-8(12)13/h1-2,4,8H,3,5-6H2,(H,14,15,16). The van der Waals surface area contributed by atoms with Gasteiger partial charge in [-0.1, -0.05) is 11.6 Å². The number of carbonyl (C=O) groups excluding carboxylic acids is 1. The van der Waals surface area contributed by atoms with Gasteiger partial charge in [-0.25, -0.2) is 13.8 Å². The largest absolute Gasteiger partial charge is 0.375 e. The number of rotatable bonds is 6. The second-order valence-corrected chi connectivity index (χ2v) is 3.51. The molecular weight excluding hydrogens is 254 g/mol. The molecule has 1 aromatic heterocycles. The number of carbonyl (C=O) groups is 1. The summed E-state index contributed by atoms with van der Waals surface area (Å²) in [5, 5.41) is 2.76. The van der Waals surface area contributed by atoms with E-state index in [2.05, 4.69) is 15.0 Å². The first kappa shape index (κ1) is 13.8. The number of aromatic nitrogens is 1. The number of ether oxygens (including phenoxy) is 1. The first-order valence-electron chi connectivity index (χ1n) is 4.86. The molecule has 0 unspecified atom stereocenters. The van der Waals surface area contributed by atoms with Crippen LogP contribution in [0.2, 0.25) is 5.02 Å². The fraction of sp³-hybridized carbons (Fsp3) is 0.400. The number of amides is 1. The van der Waals surface area contributed by atoms with Gasteiger partial charge in [-0.2, -0.15) is 0 Å². The maximum Gasteiger partial charge on any atom is 0.261 e. The van der Waals surface area contributed by atoms with Crippen LogP contribution in [0.5, 0.6) is 0 Å². The molecule has 0 aliphatic carbocycles. The predicted octanol–water partition coefficient (Wildman–Crippen LogP) is 2.35. The lowest BCUT2D eigenvalue weighted by atomic mass is 10.4. The average Bonchev–Trinajstić information content (AvgIpc) is 2.27. The van der Waals surface area contributed by atoms with Gasteiger partial charge in [0.1, 0.15) is 6.61 Å². The van der Waals surface area contributed by atoms with Crippen LogP contribution in [-0.2, 0) is 9.53 Å². The van der Waals surface area contributed by atoms with Crippen molar-refractivity contribution in [2.75, 3.05) is 18.5 Å². The Morgan fingerprint density at radius 3 is 3.00 bits per heavy atom. The van der Waals surface area contributed by atoms with Crippen molar-refractivity contribution in [3.8, 4) is 0 Å². The van der Waals surface area contributed by atoms with Crippen LogP contribution >= 0.6 is 11.6 Å². The highest BCUT2D eigenvalue weighted by Gasteiger charge is 2.07.